The number of rotatable bonds is 4. The van der Waals surface area contributed by atoms with Crippen molar-refractivity contribution < 1.29 is 0 Å². The van der Waals surface area contributed by atoms with Gasteiger partial charge in [-0.3, -0.25) is 4.98 Å². The van der Waals surface area contributed by atoms with Gasteiger partial charge in [0.25, 0.3) is 0 Å². The summed E-state index contributed by atoms with van der Waals surface area (Å²) in [6, 6.07) is 3.91. The average molecular weight is 240 g/mol. The lowest BCUT2D eigenvalue weighted by atomic mass is 10.2. The van der Waals surface area contributed by atoms with E-state index in [4.69, 9.17) is 0 Å². The van der Waals surface area contributed by atoms with Gasteiger partial charge in [0.2, 0.25) is 0 Å². The number of anilines is 1. The maximum atomic E-state index is 4.44. The van der Waals surface area contributed by atoms with Gasteiger partial charge in [-0.15, -0.1) is 0 Å². The van der Waals surface area contributed by atoms with Crippen LogP contribution in [0.1, 0.15) is 25.7 Å². The van der Waals surface area contributed by atoms with Crippen molar-refractivity contribution in [1.82, 2.24) is 15.0 Å². The van der Waals surface area contributed by atoms with Crippen molar-refractivity contribution in [3.63, 3.8) is 0 Å². The molecule has 0 amide bonds. The van der Waals surface area contributed by atoms with Crippen molar-refractivity contribution in [3.8, 4) is 0 Å². The molecule has 0 aliphatic heterocycles. The normalized spacial score (nSPS) is 14.8. The fourth-order valence-electron chi connectivity index (χ4n) is 2.27. The zero-order valence-corrected chi connectivity index (χ0v) is 10.3. The van der Waals surface area contributed by atoms with Gasteiger partial charge < -0.3 is 5.32 Å². The van der Waals surface area contributed by atoms with Crippen LogP contribution in [0.3, 0.4) is 0 Å². The standard InChI is InChI=1S/C14H16N4/c1-2-4-11(3-1)7-8-16-13-6-5-12-14(18-13)17-10-9-15-12/h3,5-6,9-10H,1-2,4,7-8H2,(H,16,17,18). The van der Waals surface area contributed by atoms with E-state index in [-0.39, 0.29) is 0 Å². The fourth-order valence-corrected chi connectivity index (χ4v) is 2.27. The largest absolute Gasteiger partial charge is 0.370 e. The molecule has 0 atom stereocenters. The monoisotopic (exact) mass is 240 g/mol. The molecule has 0 saturated heterocycles. The van der Waals surface area contributed by atoms with Crippen LogP contribution in [0.5, 0.6) is 0 Å². The molecule has 1 aliphatic rings. The Morgan fingerprint density at radius 3 is 3.00 bits per heavy atom. The minimum Gasteiger partial charge on any atom is -0.370 e. The highest BCUT2D eigenvalue weighted by Crippen LogP contribution is 2.20. The van der Waals surface area contributed by atoms with Gasteiger partial charge in [-0.1, -0.05) is 11.6 Å². The second kappa shape index (κ2) is 5.12. The van der Waals surface area contributed by atoms with Crippen LogP contribution in [-0.2, 0) is 0 Å². The summed E-state index contributed by atoms with van der Waals surface area (Å²) in [5.41, 5.74) is 3.10. The number of hydrogen-bond donors (Lipinski definition) is 1. The predicted molar refractivity (Wildman–Crippen MR) is 72.4 cm³/mol. The zero-order valence-electron chi connectivity index (χ0n) is 10.3. The molecule has 1 N–H and O–H groups in total. The summed E-state index contributed by atoms with van der Waals surface area (Å²) >= 11 is 0. The molecule has 0 spiro atoms. The Labute approximate surface area is 106 Å². The summed E-state index contributed by atoms with van der Waals surface area (Å²) < 4.78 is 0. The molecular weight excluding hydrogens is 224 g/mol. The van der Waals surface area contributed by atoms with Crippen molar-refractivity contribution in [1.29, 1.82) is 0 Å². The van der Waals surface area contributed by atoms with E-state index >= 15 is 0 Å². The van der Waals surface area contributed by atoms with Crippen LogP contribution in [0, 0.1) is 0 Å². The molecular formula is C14H16N4. The van der Waals surface area contributed by atoms with Crippen molar-refractivity contribution >= 4 is 17.0 Å². The highest BCUT2D eigenvalue weighted by molar-refractivity contribution is 5.71. The van der Waals surface area contributed by atoms with Gasteiger partial charge in [0, 0.05) is 18.9 Å². The second-order valence-electron chi connectivity index (χ2n) is 4.53. The Hall–Kier alpha value is -1.97. The van der Waals surface area contributed by atoms with Crippen molar-refractivity contribution in [3.05, 3.63) is 36.2 Å². The van der Waals surface area contributed by atoms with E-state index in [0.29, 0.717) is 5.65 Å². The van der Waals surface area contributed by atoms with Crippen LogP contribution in [0.15, 0.2) is 36.2 Å². The van der Waals surface area contributed by atoms with Gasteiger partial charge in [0.15, 0.2) is 5.65 Å². The lowest BCUT2D eigenvalue weighted by Gasteiger charge is -2.06. The molecule has 0 unspecified atom stereocenters. The van der Waals surface area contributed by atoms with Crippen LogP contribution in [-0.4, -0.2) is 21.5 Å². The minimum atomic E-state index is 0.697. The van der Waals surface area contributed by atoms with Crippen molar-refractivity contribution in [2.75, 3.05) is 11.9 Å². The zero-order chi connectivity index (χ0) is 12.2. The molecule has 0 aromatic carbocycles. The minimum absolute atomic E-state index is 0.697. The average Bonchev–Trinajstić information content (AvgIpc) is 2.92. The Bertz CT molecular complexity index is 577. The van der Waals surface area contributed by atoms with E-state index in [2.05, 4.69) is 26.3 Å². The first-order valence-electron chi connectivity index (χ1n) is 6.41. The molecule has 4 heteroatoms. The van der Waals surface area contributed by atoms with E-state index in [0.717, 1.165) is 24.3 Å². The Kier molecular flexibility index (Phi) is 3.17. The lowest BCUT2D eigenvalue weighted by molar-refractivity contribution is 0.862. The van der Waals surface area contributed by atoms with Gasteiger partial charge in [-0.05, 0) is 37.8 Å². The molecule has 2 aromatic heterocycles. The van der Waals surface area contributed by atoms with Crippen LogP contribution in [0.25, 0.3) is 11.2 Å². The lowest BCUT2D eigenvalue weighted by Crippen LogP contribution is -2.04. The molecule has 0 radical (unpaired) electrons. The van der Waals surface area contributed by atoms with E-state index in [1.807, 2.05) is 12.1 Å². The van der Waals surface area contributed by atoms with Gasteiger partial charge >= 0.3 is 0 Å². The first-order chi connectivity index (χ1) is 8.92. The summed E-state index contributed by atoms with van der Waals surface area (Å²) in [7, 11) is 0. The van der Waals surface area contributed by atoms with Gasteiger partial charge in [-0.25, -0.2) is 9.97 Å². The fraction of sp³-hybridized carbons (Fsp3) is 0.357. The van der Waals surface area contributed by atoms with Crippen LogP contribution < -0.4 is 5.32 Å². The number of nitrogens with zero attached hydrogens (tertiary/aromatic N) is 3. The maximum absolute atomic E-state index is 4.44. The Balaban J connectivity index is 1.63. The van der Waals surface area contributed by atoms with Gasteiger partial charge in [0.1, 0.15) is 11.3 Å². The van der Waals surface area contributed by atoms with Gasteiger partial charge in [-0.2, -0.15) is 0 Å². The van der Waals surface area contributed by atoms with Gasteiger partial charge in [0.05, 0.1) is 0 Å². The quantitative estimate of drug-likeness (QED) is 0.835. The number of allylic oxidation sites excluding steroid dienone is 1. The van der Waals surface area contributed by atoms with Crippen molar-refractivity contribution in [2.45, 2.75) is 25.7 Å². The van der Waals surface area contributed by atoms with Crippen molar-refractivity contribution in [2.24, 2.45) is 0 Å². The molecule has 0 bridgehead atoms. The molecule has 4 nitrogen and oxygen atoms in total. The Morgan fingerprint density at radius 1 is 1.17 bits per heavy atom. The van der Waals surface area contributed by atoms with E-state index in [9.17, 15) is 0 Å². The number of pyridine rings is 1. The summed E-state index contributed by atoms with van der Waals surface area (Å²) in [4.78, 5) is 12.8. The second-order valence-corrected chi connectivity index (χ2v) is 4.53. The molecule has 2 aromatic rings. The Morgan fingerprint density at radius 2 is 2.11 bits per heavy atom. The smallest absolute Gasteiger partial charge is 0.180 e. The molecule has 0 fully saturated rings. The number of fused-ring (bicyclic) bond motifs is 1. The first-order valence-corrected chi connectivity index (χ1v) is 6.41. The first kappa shape index (κ1) is 11.1. The molecule has 18 heavy (non-hydrogen) atoms. The molecule has 3 rings (SSSR count). The van der Waals surface area contributed by atoms with Crippen LogP contribution in [0.2, 0.25) is 0 Å². The third-order valence-electron chi connectivity index (χ3n) is 3.22. The highest BCUT2D eigenvalue weighted by Gasteiger charge is 2.04. The SMILES string of the molecule is C1=C(CCNc2ccc3nccnc3n2)CCC1. The summed E-state index contributed by atoms with van der Waals surface area (Å²) in [6.07, 6.45) is 10.7. The third kappa shape index (κ3) is 2.47. The summed E-state index contributed by atoms with van der Waals surface area (Å²) in [5.74, 6) is 0.876. The van der Waals surface area contributed by atoms with E-state index < -0.39 is 0 Å². The predicted octanol–water partition coefficient (Wildman–Crippen LogP) is 2.94. The summed E-state index contributed by atoms with van der Waals surface area (Å²) in [6.45, 7) is 0.935. The van der Waals surface area contributed by atoms with E-state index in [1.165, 1.54) is 19.3 Å². The topological polar surface area (TPSA) is 50.7 Å². The number of nitrogens with one attached hydrogen (secondary N) is 1. The summed E-state index contributed by atoms with van der Waals surface area (Å²) in [5, 5.41) is 3.34. The third-order valence-corrected chi connectivity index (χ3v) is 3.22. The van der Waals surface area contributed by atoms with Crippen LogP contribution >= 0.6 is 0 Å². The maximum Gasteiger partial charge on any atom is 0.180 e. The van der Waals surface area contributed by atoms with E-state index in [1.54, 1.807) is 18.0 Å². The molecule has 0 saturated carbocycles. The molecule has 2 heterocycles. The molecule has 1 aliphatic carbocycles. The highest BCUT2D eigenvalue weighted by atomic mass is 15.0. The number of hydrogen-bond acceptors (Lipinski definition) is 4. The number of aromatic nitrogens is 3. The van der Waals surface area contributed by atoms with Crippen LogP contribution in [0.4, 0.5) is 5.82 Å². The molecule has 92 valence electrons.